The molecule has 0 aliphatic carbocycles. The van der Waals surface area contributed by atoms with Crippen LogP contribution in [0.15, 0.2) is 45.9 Å². The SMILES string of the molecule is Cc1cc(O)ccc1N=Cc1cc(Br)ccc1OC(C)C. The number of hydrogen-bond acceptors (Lipinski definition) is 3. The average Bonchev–Trinajstić information content (AvgIpc) is 2.40. The van der Waals surface area contributed by atoms with Crippen LogP contribution in [0.3, 0.4) is 0 Å². The van der Waals surface area contributed by atoms with Crippen LogP contribution in [0.5, 0.6) is 11.5 Å². The van der Waals surface area contributed by atoms with E-state index in [4.69, 9.17) is 4.74 Å². The summed E-state index contributed by atoms with van der Waals surface area (Å²) in [6.07, 6.45) is 1.88. The molecule has 0 bridgehead atoms. The number of benzene rings is 2. The predicted octanol–water partition coefficient (Wildman–Crippen LogP) is 5.00. The maximum absolute atomic E-state index is 9.42. The number of rotatable bonds is 4. The standard InChI is InChI=1S/C17H18BrNO2/c1-11(2)21-17-7-4-14(18)9-13(17)10-19-16-6-5-15(20)8-12(16)3/h4-11,20H,1-3H3. The van der Waals surface area contributed by atoms with Crippen LogP contribution in [0.2, 0.25) is 0 Å². The molecule has 0 amide bonds. The van der Waals surface area contributed by atoms with Crippen molar-refractivity contribution in [3.63, 3.8) is 0 Å². The Morgan fingerprint density at radius 3 is 2.62 bits per heavy atom. The minimum Gasteiger partial charge on any atom is -0.508 e. The summed E-state index contributed by atoms with van der Waals surface area (Å²) in [5.41, 5.74) is 2.65. The Morgan fingerprint density at radius 2 is 1.95 bits per heavy atom. The van der Waals surface area contributed by atoms with E-state index in [0.717, 1.165) is 27.0 Å². The molecule has 0 saturated carbocycles. The van der Waals surface area contributed by atoms with Crippen LogP contribution in [0, 0.1) is 6.92 Å². The van der Waals surface area contributed by atoms with Gasteiger partial charge in [-0.1, -0.05) is 15.9 Å². The molecule has 0 aromatic heterocycles. The maximum Gasteiger partial charge on any atom is 0.128 e. The van der Waals surface area contributed by atoms with Gasteiger partial charge in [-0.15, -0.1) is 0 Å². The predicted molar refractivity (Wildman–Crippen MR) is 90.0 cm³/mol. The van der Waals surface area contributed by atoms with E-state index in [2.05, 4.69) is 20.9 Å². The molecule has 0 radical (unpaired) electrons. The topological polar surface area (TPSA) is 41.8 Å². The van der Waals surface area contributed by atoms with E-state index >= 15 is 0 Å². The number of aryl methyl sites for hydroxylation is 1. The van der Waals surface area contributed by atoms with Crippen molar-refractivity contribution in [1.29, 1.82) is 0 Å². The van der Waals surface area contributed by atoms with Crippen LogP contribution in [0.25, 0.3) is 0 Å². The number of aromatic hydroxyl groups is 1. The molecular weight excluding hydrogens is 330 g/mol. The molecule has 0 fully saturated rings. The molecule has 0 aliphatic heterocycles. The Bertz CT molecular complexity index is 666. The van der Waals surface area contributed by atoms with Crippen LogP contribution < -0.4 is 4.74 Å². The smallest absolute Gasteiger partial charge is 0.128 e. The molecule has 0 heterocycles. The van der Waals surface area contributed by atoms with Crippen molar-refractivity contribution in [2.45, 2.75) is 26.9 Å². The second-order valence-electron chi connectivity index (χ2n) is 5.08. The number of ether oxygens (including phenoxy) is 1. The van der Waals surface area contributed by atoms with Gasteiger partial charge in [-0.05, 0) is 62.7 Å². The fourth-order valence-corrected chi connectivity index (χ4v) is 2.28. The number of phenolic OH excluding ortho intramolecular Hbond substituents is 1. The van der Waals surface area contributed by atoms with Gasteiger partial charge < -0.3 is 9.84 Å². The Morgan fingerprint density at radius 1 is 1.19 bits per heavy atom. The Hall–Kier alpha value is -1.81. The van der Waals surface area contributed by atoms with E-state index in [1.54, 1.807) is 24.4 Å². The second kappa shape index (κ2) is 6.76. The molecule has 2 aromatic carbocycles. The zero-order valence-electron chi connectivity index (χ0n) is 12.3. The van der Waals surface area contributed by atoms with Crippen LogP contribution >= 0.6 is 15.9 Å². The Balaban J connectivity index is 2.33. The minimum absolute atomic E-state index is 0.105. The summed E-state index contributed by atoms with van der Waals surface area (Å²) in [7, 11) is 0. The molecule has 0 spiro atoms. The van der Waals surface area contributed by atoms with Gasteiger partial charge in [-0.3, -0.25) is 4.99 Å². The third-order valence-corrected chi connectivity index (χ3v) is 3.35. The lowest BCUT2D eigenvalue weighted by Gasteiger charge is -2.12. The minimum atomic E-state index is 0.105. The summed E-state index contributed by atoms with van der Waals surface area (Å²) < 4.78 is 6.76. The van der Waals surface area contributed by atoms with Crippen LogP contribution in [0.4, 0.5) is 5.69 Å². The molecule has 0 unspecified atom stereocenters. The first-order valence-electron chi connectivity index (χ1n) is 6.75. The number of hydrogen-bond donors (Lipinski definition) is 1. The van der Waals surface area contributed by atoms with Gasteiger partial charge in [-0.2, -0.15) is 0 Å². The lowest BCUT2D eigenvalue weighted by Crippen LogP contribution is -2.07. The summed E-state index contributed by atoms with van der Waals surface area (Å²) in [4.78, 5) is 4.49. The van der Waals surface area contributed by atoms with Gasteiger partial charge in [0.15, 0.2) is 0 Å². The molecule has 2 aromatic rings. The first-order valence-corrected chi connectivity index (χ1v) is 7.55. The second-order valence-corrected chi connectivity index (χ2v) is 5.99. The van der Waals surface area contributed by atoms with Crippen molar-refractivity contribution in [2.24, 2.45) is 4.99 Å². The highest BCUT2D eigenvalue weighted by molar-refractivity contribution is 9.10. The van der Waals surface area contributed by atoms with Gasteiger partial charge in [0.1, 0.15) is 11.5 Å². The lowest BCUT2D eigenvalue weighted by molar-refractivity contribution is 0.242. The first kappa shape index (κ1) is 15.6. The number of aliphatic imine (C=N–C) groups is 1. The quantitative estimate of drug-likeness (QED) is 0.790. The maximum atomic E-state index is 9.42. The van der Waals surface area contributed by atoms with Crippen LogP contribution in [0.1, 0.15) is 25.0 Å². The molecular formula is C17H18BrNO2. The lowest BCUT2D eigenvalue weighted by atomic mass is 10.2. The zero-order chi connectivity index (χ0) is 15.4. The summed E-state index contributed by atoms with van der Waals surface area (Å²) >= 11 is 3.46. The molecule has 4 heteroatoms. The fraction of sp³-hybridized carbons (Fsp3) is 0.235. The van der Waals surface area contributed by atoms with E-state index in [9.17, 15) is 5.11 Å². The largest absolute Gasteiger partial charge is 0.508 e. The molecule has 0 aliphatic rings. The molecule has 110 valence electrons. The molecule has 0 saturated heterocycles. The highest BCUT2D eigenvalue weighted by atomic mass is 79.9. The summed E-state index contributed by atoms with van der Waals surface area (Å²) in [5.74, 6) is 1.05. The van der Waals surface area contributed by atoms with E-state index in [0.29, 0.717) is 0 Å². The van der Waals surface area contributed by atoms with Crippen LogP contribution in [-0.2, 0) is 0 Å². The number of nitrogens with zero attached hydrogens (tertiary/aromatic N) is 1. The summed E-state index contributed by atoms with van der Waals surface area (Å²) in [6.45, 7) is 5.90. The summed E-state index contributed by atoms with van der Waals surface area (Å²) in [5, 5.41) is 9.42. The van der Waals surface area contributed by atoms with Crippen molar-refractivity contribution in [3.8, 4) is 11.5 Å². The van der Waals surface area contributed by atoms with E-state index < -0.39 is 0 Å². The number of halogens is 1. The van der Waals surface area contributed by atoms with Gasteiger partial charge in [0.25, 0.3) is 0 Å². The van der Waals surface area contributed by atoms with Gasteiger partial charge >= 0.3 is 0 Å². The number of phenols is 1. The van der Waals surface area contributed by atoms with Gasteiger partial charge in [0.2, 0.25) is 0 Å². The van der Waals surface area contributed by atoms with Gasteiger partial charge in [0, 0.05) is 16.3 Å². The summed E-state index contributed by atoms with van der Waals surface area (Å²) in [6, 6.07) is 11.0. The third-order valence-electron chi connectivity index (χ3n) is 2.86. The van der Waals surface area contributed by atoms with Crippen molar-refractivity contribution < 1.29 is 9.84 Å². The highest BCUT2D eigenvalue weighted by Crippen LogP contribution is 2.26. The van der Waals surface area contributed by atoms with E-state index in [1.807, 2.05) is 39.0 Å². The molecule has 21 heavy (non-hydrogen) atoms. The molecule has 3 nitrogen and oxygen atoms in total. The Kier molecular flexibility index (Phi) is 5.02. The zero-order valence-corrected chi connectivity index (χ0v) is 13.9. The molecule has 1 N–H and O–H groups in total. The van der Waals surface area contributed by atoms with Crippen molar-refractivity contribution in [1.82, 2.24) is 0 Å². The first-order chi connectivity index (χ1) is 9.95. The van der Waals surface area contributed by atoms with Crippen molar-refractivity contribution >= 4 is 27.8 Å². The highest BCUT2D eigenvalue weighted by Gasteiger charge is 2.05. The fourth-order valence-electron chi connectivity index (χ4n) is 1.91. The van der Waals surface area contributed by atoms with Gasteiger partial charge in [-0.25, -0.2) is 0 Å². The third kappa shape index (κ3) is 4.33. The Labute approximate surface area is 133 Å². The van der Waals surface area contributed by atoms with Crippen molar-refractivity contribution in [3.05, 3.63) is 52.0 Å². The normalized spacial score (nSPS) is 11.3. The van der Waals surface area contributed by atoms with Crippen LogP contribution in [-0.4, -0.2) is 17.4 Å². The van der Waals surface area contributed by atoms with Gasteiger partial charge in [0.05, 0.1) is 11.8 Å². The molecule has 2 rings (SSSR count). The van der Waals surface area contributed by atoms with E-state index in [1.165, 1.54) is 0 Å². The molecule has 0 atom stereocenters. The van der Waals surface area contributed by atoms with Crippen molar-refractivity contribution in [2.75, 3.05) is 0 Å². The monoisotopic (exact) mass is 347 g/mol. The average molecular weight is 348 g/mol. The van der Waals surface area contributed by atoms with E-state index in [-0.39, 0.29) is 11.9 Å².